The van der Waals surface area contributed by atoms with E-state index in [1.165, 1.54) is 0 Å². The molecule has 7 heteroatoms. The molecule has 4 rings (SSSR count). The number of nitrogens with zero attached hydrogens (tertiary/aromatic N) is 2. The van der Waals surface area contributed by atoms with Crippen molar-refractivity contribution in [3.63, 3.8) is 0 Å². The number of aromatic nitrogens is 2. The van der Waals surface area contributed by atoms with Gasteiger partial charge < -0.3 is 10.1 Å². The largest absolute Gasteiger partial charge is 0.457 e. The van der Waals surface area contributed by atoms with Gasteiger partial charge in [0.25, 0.3) is 5.91 Å². The van der Waals surface area contributed by atoms with E-state index in [1.54, 1.807) is 36.4 Å². The van der Waals surface area contributed by atoms with Crippen LogP contribution in [-0.2, 0) is 0 Å². The van der Waals surface area contributed by atoms with E-state index in [0.717, 1.165) is 22.8 Å². The minimum atomic E-state index is -0.267. The average Bonchev–Trinajstić information content (AvgIpc) is 3.21. The van der Waals surface area contributed by atoms with Crippen molar-refractivity contribution in [3.8, 4) is 22.8 Å². The summed E-state index contributed by atoms with van der Waals surface area (Å²) in [6.07, 6.45) is 0. The highest BCUT2D eigenvalue weighted by Crippen LogP contribution is 2.27. The van der Waals surface area contributed by atoms with E-state index in [4.69, 9.17) is 16.3 Å². The second-order valence-electron chi connectivity index (χ2n) is 5.85. The van der Waals surface area contributed by atoms with Gasteiger partial charge in [0.2, 0.25) is 0 Å². The number of halogens is 1. The molecule has 0 aliphatic rings. The van der Waals surface area contributed by atoms with Crippen LogP contribution in [0.3, 0.4) is 0 Å². The Morgan fingerprint density at radius 1 is 0.893 bits per heavy atom. The van der Waals surface area contributed by atoms with Gasteiger partial charge in [-0.1, -0.05) is 46.4 Å². The summed E-state index contributed by atoms with van der Waals surface area (Å²) in [4.78, 5) is 13.1. The molecule has 0 aliphatic heterocycles. The molecule has 1 amide bonds. The zero-order valence-corrected chi connectivity index (χ0v) is 16.1. The summed E-state index contributed by atoms with van der Waals surface area (Å²) in [6, 6.07) is 23.8. The lowest BCUT2D eigenvalue weighted by molar-refractivity contribution is 0.103. The van der Waals surface area contributed by atoms with E-state index in [1.807, 2.05) is 42.5 Å². The topological polar surface area (TPSA) is 64.1 Å². The van der Waals surface area contributed by atoms with Gasteiger partial charge in [0.15, 0.2) is 0 Å². The number of rotatable bonds is 5. The molecule has 5 nitrogen and oxygen atoms in total. The minimum Gasteiger partial charge on any atom is -0.457 e. The number of amides is 1. The number of para-hydroxylation sites is 1. The van der Waals surface area contributed by atoms with Crippen LogP contribution in [0.15, 0.2) is 78.9 Å². The van der Waals surface area contributed by atoms with Gasteiger partial charge in [-0.05, 0) is 60.1 Å². The van der Waals surface area contributed by atoms with Gasteiger partial charge >= 0.3 is 0 Å². The maximum atomic E-state index is 12.7. The number of carbonyl (C=O) groups is 1. The summed E-state index contributed by atoms with van der Waals surface area (Å²) in [5.41, 5.74) is 1.97. The molecule has 138 valence electrons. The van der Waals surface area contributed by atoms with Crippen molar-refractivity contribution in [1.82, 2.24) is 9.59 Å². The number of hydrogen-bond acceptors (Lipinski definition) is 5. The fourth-order valence-electron chi connectivity index (χ4n) is 2.56. The fraction of sp³-hybridized carbons (Fsp3) is 0. The third-order valence-corrected chi connectivity index (χ3v) is 4.88. The van der Waals surface area contributed by atoms with E-state index >= 15 is 0 Å². The third kappa shape index (κ3) is 4.19. The molecule has 4 aromatic rings. The molecule has 1 aromatic heterocycles. The van der Waals surface area contributed by atoms with Crippen molar-refractivity contribution in [1.29, 1.82) is 0 Å². The van der Waals surface area contributed by atoms with Crippen LogP contribution in [0.4, 0.5) is 5.69 Å². The second-order valence-corrected chi connectivity index (χ2v) is 7.04. The summed E-state index contributed by atoms with van der Waals surface area (Å²) in [5.74, 6) is 1.17. The van der Waals surface area contributed by atoms with Crippen LogP contribution in [0.2, 0.25) is 5.02 Å². The SMILES string of the molecule is O=C(Nc1ccc(Oc2ccccc2)cc1)c1snnc1-c1ccc(Cl)cc1. The van der Waals surface area contributed by atoms with Crippen LogP contribution in [0, 0.1) is 0 Å². The van der Waals surface area contributed by atoms with Crippen molar-refractivity contribution in [3.05, 3.63) is 88.8 Å². The minimum absolute atomic E-state index is 0.267. The molecule has 0 bridgehead atoms. The Balaban J connectivity index is 1.47. The second kappa shape index (κ2) is 8.21. The molecular weight excluding hydrogens is 394 g/mol. The Kier molecular flexibility index (Phi) is 5.32. The normalized spacial score (nSPS) is 10.5. The Hall–Kier alpha value is -3.22. The van der Waals surface area contributed by atoms with E-state index in [0.29, 0.717) is 27.0 Å². The van der Waals surface area contributed by atoms with Gasteiger partial charge in [-0.3, -0.25) is 4.79 Å². The maximum Gasteiger partial charge on any atom is 0.269 e. The summed E-state index contributed by atoms with van der Waals surface area (Å²) < 4.78 is 9.68. The number of ether oxygens (including phenoxy) is 1. The molecule has 28 heavy (non-hydrogen) atoms. The summed E-state index contributed by atoms with van der Waals surface area (Å²) in [7, 11) is 0. The number of hydrogen-bond donors (Lipinski definition) is 1. The third-order valence-electron chi connectivity index (χ3n) is 3.90. The lowest BCUT2D eigenvalue weighted by Gasteiger charge is -2.08. The van der Waals surface area contributed by atoms with Crippen molar-refractivity contribution in [2.45, 2.75) is 0 Å². The van der Waals surface area contributed by atoms with Crippen molar-refractivity contribution in [2.75, 3.05) is 5.32 Å². The highest BCUT2D eigenvalue weighted by atomic mass is 35.5. The summed E-state index contributed by atoms with van der Waals surface area (Å²) >= 11 is 6.97. The van der Waals surface area contributed by atoms with Gasteiger partial charge in [0, 0.05) is 16.3 Å². The maximum absolute atomic E-state index is 12.7. The Bertz CT molecular complexity index is 1080. The molecule has 0 radical (unpaired) electrons. The molecule has 0 saturated heterocycles. The molecule has 0 atom stereocenters. The highest BCUT2D eigenvalue weighted by molar-refractivity contribution is 7.08. The van der Waals surface area contributed by atoms with Gasteiger partial charge in [-0.2, -0.15) is 0 Å². The molecule has 0 spiro atoms. The van der Waals surface area contributed by atoms with E-state index in [-0.39, 0.29) is 5.91 Å². The first kappa shape index (κ1) is 18.2. The van der Waals surface area contributed by atoms with E-state index in [2.05, 4.69) is 14.9 Å². The predicted molar refractivity (Wildman–Crippen MR) is 111 cm³/mol. The first-order valence-electron chi connectivity index (χ1n) is 8.42. The molecule has 0 unspecified atom stereocenters. The fourth-order valence-corrected chi connectivity index (χ4v) is 3.26. The standard InChI is InChI=1S/C21H14ClN3O2S/c22-15-8-6-14(7-9-15)19-20(28-25-24-19)21(26)23-16-10-12-18(13-11-16)27-17-4-2-1-3-5-17/h1-13H,(H,23,26). The number of benzene rings is 3. The van der Waals surface area contributed by atoms with E-state index in [9.17, 15) is 4.79 Å². The Labute approximate surface area is 170 Å². The predicted octanol–water partition coefficient (Wildman–Crippen LogP) is 5.90. The molecule has 0 aliphatic carbocycles. The molecule has 3 aromatic carbocycles. The summed E-state index contributed by atoms with van der Waals surface area (Å²) in [5, 5.41) is 7.57. The molecule has 0 fully saturated rings. The van der Waals surface area contributed by atoms with Crippen molar-refractivity contribution in [2.24, 2.45) is 0 Å². The van der Waals surface area contributed by atoms with Crippen LogP contribution in [0.5, 0.6) is 11.5 Å². The van der Waals surface area contributed by atoms with Crippen LogP contribution < -0.4 is 10.1 Å². The van der Waals surface area contributed by atoms with Crippen molar-refractivity contribution < 1.29 is 9.53 Å². The van der Waals surface area contributed by atoms with Gasteiger partial charge in [0.05, 0.1) is 0 Å². The molecular formula is C21H14ClN3O2S. The number of carbonyl (C=O) groups excluding carboxylic acids is 1. The van der Waals surface area contributed by atoms with E-state index < -0.39 is 0 Å². The average molecular weight is 408 g/mol. The zero-order chi connectivity index (χ0) is 19.3. The van der Waals surface area contributed by atoms with Crippen LogP contribution >= 0.6 is 23.1 Å². The van der Waals surface area contributed by atoms with Gasteiger partial charge in [-0.15, -0.1) is 5.10 Å². The monoisotopic (exact) mass is 407 g/mol. The molecule has 1 heterocycles. The highest BCUT2D eigenvalue weighted by Gasteiger charge is 2.18. The van der Waals surface area contributed by atoms with Gasteiger partial charge in [-0.25, -0.2) is 0 Å². The molecule has 1 N–H and O–H groups in total. The molecule has 0 saturated carbocycles. The van der Waals surface area contributed by atoms with Crippen molar-refractivity contribution >= 4 is 34.7 Å². The Morgan fingerprint density at radius 2 is 1.57 bits per heavy atom. The van der Waals surface area contributed by atoms with Crippen LogP contribution in [0.1, 0.15) is 9.67 Å². The quantitative estimate of drug-likeness (QED) is 0.447. The zero-order valence-electron chi connectivity index (χ0n) is 14.5. The van der Waals surface area contributed by atoms with Gasteiger partial charge in [0.1, 0.15) is 22.1 Å². The van der Waals surface area contributed by atoms with Crippen LogP contribution in [0.25, 0.3) is 11.3 Å². The lowest BCUT2D eigenvalue weighted by Crippen LogP contribution is -2.11. The first-order chi connectivity index (χ1) is 13.7. The Morgan fingerprint density at radius 3 is 2.29 bits per heavy atom. The van der Waals surface area contributed by atoms with Crippen LogP contribution in [-0.4, -0.2) is 15.5 Å². The first-order valence-corrected chi connectivity index (χ1v) is 9.57. The smallest absolute Gasteiger partial charge is 0.269 e. The number of anilines is 1. The lowest BCUT2D eigenvalue weighted by atomic mass is 10.1. The number of nitrogens with one attached hydrogen (secondary N) is 1. The summed E-state index contributed by atoms with van der Waals surface area (Å²) in [6.45, 7) is 0.